The van der Waals surface area contributed by atoms with E-state index in [0.717, 1.165) is 37.3 Å². The summed E-state index contributed by atoms with van der Waals surface area (Å²) in [5, 5.41) is 7.75. The molecule has 0 spiro atoms. The number of likely N-dealkylation sites (tertiary alicyclic amines) is 1. The van der Waals surface area contributed by atoms with Crippen molar-refractivity contribution < 1.29 is 9.18 Å². The van der Waals surface area contributed by atoms with E-state index in [2.05, 4.69) is 10.4 Å². The maximum absolute atomic E-state index is 13.1. The van der Waals surface area contributed by atoms with Gasteiger partial charge >= 0.3 is 0 Å². The summed E-state index contributed by atoms with van der Waals surface area (Å²) >= 11 is 0. The molecule has 1 amide bonds. The zero-order valence-electron chi connectivity index (χ0n) is 14.3. The van der Waals surface area contributed by atoms with Crippen LogP contribution in [0.1, 0.15) is 34.6 Å². The minimum absolute atomic E-state index is 0.0262. The molecule has 2 aromatic rings. The van der Waals surface area contributed by atoms with E-state index in [0.29, 0.717) is 17.3 Å². The normalized spacial score (nSPS) is 18.0. The number of hydrogen-bond acceptors (Lipinski definition) is 3. The number of aromatic nitrogens is 2. The molecule has 0 aliphatic carbocycles. The number of likely N-dealkylation sites (N-methyl/N-ethyl adjacent to an activating group) is 1. The summed E-state index contributed by atoms with van der Waals surface area (Å²) in [6.07, 6.45) is 2.09. The van der Waals surface area contributed by atoms with Gasteiger partial charge in [-0.05, 0) is 58.0 Å². The Morgan fingerprint density at radius 1 is 1.29 bits per heavy atom. The van der Waals surface area contributed by atoms with Gasteiger partial charge < -0.3 is 10.2 Å². The molecule has 1 aliphatic rings. The lowest BCUT2D eigenvalue weighted by Gasteiger charge is -2.32. The number of carbonyl (C=O) groups is 1. The van der Waals surface area contributed by atoms with Gasteiger partial charge in [0.2, 0.25) is 0 Å². The highest BCUT2D eigenvalue weighted by atomic mass is 19.1. The van der Waals surface area contributed by atoms with Crippen LogP contribution < -0.4 is 5.32 Å². The quantitative estimate of drug-likeness (QED) is 0.940. The number of nitrogens with zero attached hydrogens (tertiary/aromatic N) is 3. The van der Waals surface area contributed by atoms with Crippen LogP contribution in [0.2, 0.25) is 0 Å². The Bertz CT molecular complexity index is 738. The van der Waals surface area contributed by atoms with Gasteiger partial charge in [-0.3, -0.25) is 4.79 Å². The van der Waals surface area contributed by atoms with Gasteiger partial charge in [-0.1, -0.05) is 0 Å². The van der Waals surface area contributed by atoms with Gasteiger partial charge in [0.25, 0.3) is 5.91 Å². The largest absolute Gasteiger partial charge is 0.337 e. The topological polar surface area (TPSA) is 50.2 Å². The number of amides is 1. The number of benzene rings is 1. The number of aryl methyl sites for hydroxylation is 1. The maximum atomic E-state index is 13.1. The summed E-state index contributed by atoms with van der Waals surface area (Å²) in [5.74, 6) is -0.263. The molecule has 2 heterocycles. The van der Waals surface area contributed by atoms with Crippen molar-refractivity contribution in [3.8, 4) is 5.69 Å². The second-order valence-corrected chi connectivity index (χ2v) is 6.31. The molecular weight excluding hydrogens is 307 g/mol. The zero-order chi connectivity index (χ0) is 17.3. The Balaban J connectivity index is 1.91. The third-order valence-corrected chi connectivity index (χ3v) is 4.69. The summed E-state index contributed by atoms with van der Waals surface area (Å²) in [7, 11) is 1.93. The number of carbonyl (C=O) groups excluding carboxylic acids is 1. The minimum atomic E-state index is -0.289. The van der Waals surface area contributed by atoms with E-state index in [1.165, 1.54) is 12.1 Å². The van der Waals surface area contributed by atoms with Crippen molar-refractivity contribution in [3.05, 3.63) is 47.0 Å². The van der Waals surface area contributed by atoms with Crippen molar-refractivity contribution in [1.82, 2.24) is 20.0 Å². The molecule has 5 nitrogen and oxygen atoms in total. The summed E-state index contributed by atoms with van der Waals surface area (Å²) in [4.78, 5) is 14.9. The maximum Gasteiger partial charge on any atom is 0.257 e. The van der Waals surface area contributed by atoms with Crippen LogP contribution in [0.25, 0.3) is 5.69 Å². The van der Waals surface area contributed by atoms with Gasteiger partial charge in [0.1, 0.15) is 5.82 Å². The van der Waals surface area contributed by atoms with E-state index in [-0.39, 0.29) is 11.7 Å². The fourth-order valence-electron chi connectivity index (χ4n) is 3.34. The van der Waals surface area contributed by atoms with Gasteiger partial charge in [-0.2, -0.15) is 5.10 Å². The average molecular weight is 330 g/mol. The summed E-state index contributed by atoms with van der Waals surface area (Å²) in [6.45, 7) is 5.23. The highest BCUT2D eigenvalue weighted by Gasteiger charge is 2.28. The van der Waals surface area contributed by atoms with Crippen molar-refractivity contribution in [2.45, 2.75) is 32.7 Å². The van der Waals surface area contributed by atoms with E-state index < -0.39 is 0 Å². The third-order valence-electron chi connectivity index (χ3n) is 4.69. The second kappa shape index (κ2) is 6.73. The van der Waals surface area contributed by atoms with E-state index in [4.69, 9.17) is 0 Å². The van der Waals surface area contributed by atoms with Crippen LogP contribution in [-0.2, 0) is 0 Å². The molecule has 6 heteroatoms. The molecule has 1 saturated heterocycles. The van der Waals surface area contributed by atoms with Crippen molar-refractivity contribution in [3.63, 3.8) is 0 Å². The Labute approximate surface area is 141 Å². The average Bonchev–Trinajstić information content (AvgIpc) is 2.89. The van der Waals surface area contributed by atoms with Crippen LogP contribution in [0.5, 0.6) is 0 Å². The fourth-order valence-corrected chi connectivity index (χ4v) is 3.34. The molecule has 1 fully saturated rings. The summed E-state index contributed by atoms with van der Waals surface area (Å²) < 4.78 is 14.8. The number of rotatable bonds is 3. The number of nitrogens with one attached hydrogen (secondary N) is 1. The molecule has 1 atom stereocenters. The van der Waals surface area contributed by atoms with E-state index >= 15 is 0 Å². The first-order valence-corrected chi connectivity index (χ1v) is 8.30. The summed E-state index contributed by atoms with van der Waals surface area (Å²) in [5.41, 5.74) is 2.89. The molecule has 1 unspecified atom stereocenters. The summed E-state index contributed by atoms with van der Waals surface area (Å²) in [6, 6.07) is 6.47. The Hall–Kier alpha value is -2.21. The van der Waals surface area contributed by atoms with Crippen LogP contribution in [0.15, 0.2) is 24.3 Å². The van der Waals surface area contributed by atoms with Gasteiger partial charge in [0.05, 0.1) is 22.6 Å². The lowest BCUT2D eigenvalue weighted by atomic mass is 10.0. The number of hydrogen-bond donors (Lipinski definition) is 1. The Morgan fingerprint density at radius 2 is 2.00 bits per heavy atom. The monoisotopic (exact) mass is 330 g/mol. The second-order valence-electron chi connectivity index (χ2n) is 6.31. The van der Waals surface area contributed by atoms with Crippen molar-refractivity contribution >= 4 is 5.91 Å². The highest BCUT2D eigenvalue weighted by Crippen LogP contribution is 2.22. The molecule has 1 N–H and O–H groups in total. The zero-order valence-corrected chi connectivity index (χ0v) is 14.3. The van der Waals surface area contributed by atoms with Crippen molar-refractivity contribution in [2.24, 2.45) is 0 Å². The molecule has 0 bridgehead atoms. The first kappa shape index (κ1) is 16.6. The fraction of sp³-hybridized carbons (Fsp3) is 0.444. The Kier molecular flexibility index (Phi) is 4.66. The molecule has 128 valence electrons. The first-order valence-electron chi connectivity index (χ1n) is 8.30. The minimum Gasteiger partial charge on any atom is -0.337 e. The molecule has 1 aliphatic heterocycles. The highest BCUT2D eigenvalue weighted by molar-refractivity contribution is 5.96. The predicted molar refractivity (Wildman–Crippen MR) is 91.0 cm³/mol. The van der Waals surface area contributed by atoms with Crippen LogP contribution in [0.3, 0.4) is 0 Å². The van der Waals surface area contributed by atoms with Crippen LogP contribution in [0.4, 0.5) is 4.39 Å². The first-order chi connectivity index (χ1) is 11.5. The number of piperidine rings is 1. The molecule has 0 saturated carbocycles. The van der Waals surface area contributed by atoms with E-state index in [9.17, 15) is 9.18 Å². The number of halogens is 1. The SMILES string of the molecule is CNC1CCCN(C(=O)c2c(C)nn(-c3ccc(F)cc3)c2C)C1. The predicted octanol–water partition coefficient (Wildman–Crippen LogP) is 2.45. The molecule has 24 heavy (non-hydrogen) atoms. The van der Waals surface area contributed by atoms with Gasteiger partial charge in [0.15, 0.2) is 0 Å². The molecule has 1 aromatic carbocycles. The third kappa shape index (κ3) is 3.06. The molecular formula is C18H23FN4O. The van der Waals surface area contributed by atoms with Crippen LogP contribution >= 0.6 is 0 Å². The molecule has 0 radical (unpaired) electrons. The lowest BCUT2D eigenvalue weighted by molar-refractivity contribution is 0.0696. The van der Waals surface area contributed by atoms with Crippen LogP contribution in [0, 0.1) is 19.7 Å². The smallest absolute Gasteiger partial charge is 0.257 e. The van der Waals surface area contributed by atoms with Crippen molar-refractivity contribution in [2.75, 3.05) is 20.1 Å². The molecule has 3 rings (SSSR count). The van der Waals surface area contributed by atoms with Crippen molar-refractivity contribution in [1.29, 1.82) is 0 Å². The standard InChI is InChI=1S/C18H23FN4O/c1-12-17(18(24)22-10-4-5-15(11-22)20-3)13(2)23(21-12)16-8-6-14(19)7-9-16/h6-9,15,20H,4-5,10-11H2,1-3H3. The Morgan fingerprint density at radius 3 is 2.67 bits per heavy atom. The van der Waals surface area contributed by atoms with Gasteiger partial charge in [-0.25, -0.2) is 9.07 Å². The molecule has 1 aromatic heterocycles. The van der Waals surface area contributed by atoms with Gasteiger partial charge in [0, 0.05) is 19.1 Å². The lowest BCUT2D eigenvalue weighted by Crippen LogP contribution is -2.47. The van der Waals surface area contributed by atoms with Crippen LogP contribution in [-0.4, -0.2) is 46.8 Å². The van der Waals surface area contributed by atoms with E-state index in [1.54, 1.807) is 16.8 Å². The van der Waals surface area contributed by atoms with Gasteiger partial charge in [-0.15, -0.1) is 0 Å². The van der Waals surface area contributed by atoms with E-state index in [1.807, 2.05) is 25.8 Å².